The summed E-state index contributed by atoms with van der Waals surface area (Å²) in [4.78, 5) is 0.154. The fourth-order valence-electron chi connectivity index (χ4n) is 4.10. The zero-order chi connectivity index (χ0) is 26.1. The van der Waals surface area contributed by atoms with Gasteiger partial charge in [0, 0.05) is 0 Å². The highest BCUT2D eigenvalue weighted by molar-refractivity contribution is 7.91. The molecule has 9 heteroatoms. The average Bonchev–Trinajstić information content (AvgIpc) is 2.93. The SMILES string of the molecule is O=S(=O)(C[C@@H]1OC[C@@H](O)[C@H]([C@@H](OCc2ccccc2)[C@H](CO)OCc2ccccc2)O1)c1ccccc1. The van der Waals surface area contributed by atoms with Crippen LogP contribution in [0.25, 0.3) is 0 Å². The Morgan fingerprint density at radius 1 is 0.838 bits per heavy atom. The first-order valence-corrected chi connectivity index (χ1v) is 13.8. The lowest BCUT2D eigenvalue weighted by Crippen LogP contribution is -2.56. The Labute approximate surface area is 217 Å². The second-order valence-corrected chi connectivity index (χ2v) is 10.8. The van der Waals surface area contributed by atoms with E-state index in [0.717, 1.165) is 11.1 Å². The number of hydrogen-bond donors (Lipinski definition) is 2. The third-order valence-electron chi connectivity index (χ3n) is 6.06. The summed E-state index contributed by atoms with van der Waals surface area (Å²) in [6.45, 7) is -0.159. The van der Waals surface area contributed by atoms with Crippen LogP contribution in [0.3, 0.4) is 0 Å². The second-order valence-electron chi connectivity index (χ2n) is 8.80. The Morgan fingerprint density at radius 3 is 1.95 bits per heavy atom. The van der Waals surface area contributed by atoms with E-state index < -0.39 is 52.9 Å². The topological polar surface area (TPSA) is 112 Å². The van der Waals surface area contributed by atoms with Crippen LogP contribution >= 0.6 is 0 Å². The first-order chi connectivity index (χ1) is 18.0. The van der Waals surface area contributed by atoms with Gasteiger partial charge in [-0.1, -0.05) is 78.9 Å². The number of sulfone groups is 1. The third-order valence-corrected chi connectivity index (χ3v) is 7.76. The standard InChI is InChI=1S/C28H32O8S/c29-16-25(33-17-21-10-4-1-5-11-21)28(35-18-22-12-6-2-7-13-22)27-24(30)19-34-26(36-27)20-37(31,32)23-14-8-3-9-15-23/h1-15,24-30H,16-20H2/t24-,25+,26-,27-,28+/m1/s1. The largest absolute Gasteiger partial charge is 0.394 e. The molecule has 3 aromatic rings. The lowest BCUT2D eigenvalue weighted by Gasteiger charge is -2.40. The van der Waals surface area contributed by atoms with Crippen molar-refractivity contribution in [3.8, 4) is 0 Å². The molecule has 8 nitrogen and oxygen atoms in total. The van der Waals surface area contributed by atoms with Crippen LogP contribution in [0.2, 0.25) is 0 Å². The van der Waals surface area contributed by atoms with Crippen LogP contribution in [-0.2, 0) is 42.0 Å². The number of benzene rings is 3. The van der Waals surface area contributed by atoms with Crippen molar-refractivity contribution < 1.29 is 37.6 Å². The fourth-order valence-corrected chi connectivity index (χ4v) is 5.40. The predicted octanol–water partition coefficient (Wildman–Crippen LogP) is 2.73. The predicted molar refractivity (Wildman–Crippen MR) is 136 cm³/mol. The van der Waals surface area contributed by atoms with Gasteiger partial charge in [-0.15, -0.1) is 0 Å². The number of aliphatic hydroxyl groups is 2. The summed E-state index contributed by atoms with van der Waals surface area (Å²) in [5, 5.41) is 21.0. The summed E-state index contributed by atoms with van der Waals surface area (Å²) in [6.07, 6.45) is -5.01. The Kier molecular flexibility index (Phi) is 9.81. The highest BCUT2D eigenvalue weighted by Crippen LogP contribution is 2.25. The molecule has 0 aliphatic carbocycles. The van der Waals surface area contributed by atoms with Gasteiger partial charge in [0.1, 0.15) is 30.2 Å². The average molecular weight is 529 g/mol. The molecule has 5 atom stereocenters. The lowest BCUT2D eigenvalue weighted by atomic mass is 10.0. The van der Waals surface area contributed by atoms with Crippen LogP contribution in [0.15, 0.2) is 95.9 Å². The highest BCUT2D eigenvalue weighted by Gasteiger charge is 2.42. The van der Waals surface area contributed by atoms with E-state index in [1.165, 1.54) is 12.1 Å². The molecule has 0 amide bonds. The molecule has 0 aromatic heterocycles. The van der Waals surface area contributed by atoms with Crippen LogP contribution in [-0.4, -0.2) is 68.3 Å². The molecule has 0 unspecified atom stereocenters. The van der Waals surface area contributed by atoms with Gasteiger partial charge in [0.2, 0.25) is 0 Å². The maximum atomic E-state index is 12.9. The fraction of sp³-hybridized carbons (Fsp3) is 0.357. The van der Waals surface area contributed by atoms with E-state index in [9.17, 15) is 18.6 Å². The summed E-state index contributed by atoms with van der Waals surface area (Å²) in [6, 6.07) is 27.0. The summed E-state index contributed by atoms with van der Waals surface area (Å²) >= 11 is 0. The molecule has 4 rings (SSSR count). The van der Waals surface area contributed by atoms with Crippen LogP contribution in [0.4, 0.5) is 0 Å². The molecule has 198 valence electrons. The molecule has 0 bridgehead atoms. The van der Waals surface area contributed by atoms with Gasteiger partial charge in [-0.2, -0.15) is 0 Å². The minimum atomic E-state index is -3.71. The van der Waals surface area contributed by atoms with Crippen molar-refractivity contribution in [2.45, 2.75) is 48.8 Å². The van der Waals surface area contributed by atoms with Crippen molar-refractivity contribution in [3.63, 3.8) is 0 Å². The normalized spacial score (nSPS) is 21.8. The van der Waals surface area contributed by atoms with Crippen LogP contribution in [0, 0.1) is 0 Å². The zero-order valence-electron chi connectivity index (χ0n) is 20.3. The monoisotopic (exact) mass is 528 g/mol. The van der Waals surface area contributed by atoms with Crippen molar-refractivity contribution in [1.29, 1.82) is 0 Å². The molecule has 1 saturated heterocycles. The highest BCUT2D eigenvalue weighted by atomic mass is 32.2. The summed E-state index contributed by atoms with van der Waals surface area (Å²) in [5.41, 5.74) is 1.79. The third kappa shape index (κ3) is 7.68. The summed E-state index contributed by atoms with van der Waals surface area (Å²) in [7, 11) is -3.71. The van der Waals surface area contributed by atoms with E-state index in [2.05, 4.69) is 0 Å². The Morgan fingerprint density at radius 2 is 1.38 bits per heavy atom. The smallest absolute Gasteiger partial charge is 0.183 e. The molecule has 37 heavy (non-hydrogen) atoms. The molecular weight excluding hydrogens is 496 g/mol. The van der Waals surface area contributed by atoms with E-state index >= 15 is 0 Å². The zero-order valence-corrected chi connectivity index (χ0v) is 21.2. The summed E-state index contributed by atoms with van der Waals surface area (Å²) in [5.74, 6) is -0.430. The van der Waals surface area contributed by atoms with E-state index in [-0.39, 0.29) is 24.7 Å². The quantitative estimate of drug-likeness (QED) is 0.369. The van der Waals surface area contributed by atoms with Crippen LogP contribution < -0.4 is 0 Å². The minimum Gasteiger partial charge on any atom is -0.394 e. The van der Waals surface area contributed by atoms with E-state index in [0.29, 0.717) is 0 Å². The Bertz CT molecular complexity index is 1170. The van der Waals surface area contributed by atoms with E-state index in [1.807, 2.05) is 60.7 Å². The number of rotatable bonds is 12. The first kappa shape index (κ1) is 27.4. The molecule has 0 saturated carbocycles. The molecule has 1 aliphatic heterocycles. The number of hydrogen-bond acceptors (Lipinski definition) is 8. The molecule has 1 fully saturated rings. The van der Waals surface area contributed by atoms with Crippen molar-refractivity contribution in [1.82, 2.24) is 0 Å². The van der Waals surface area contributed by atoms with Crippen LogP contribution in [0.5, 0.6) is 0 Å². The van der Waals surface area contributed by atoms with Gasteiger partial charge in [-0.3, -0.25) is 0 Å². The molecular formula is C28H32O8S. The van der Waals surface area contributed by atoms with Gasteiger partial charge in [0.25, 0.3) is 0 Å². The van der Waals surface area contributed by atoms with Gasteiger partial charge in [0.05, 0.1) is 31.3 Å². The van der Waals surface area contributed by atoms with Crippen molar-refractivity contribution in [2.24, 2.45) is 0 Å². The van der Waals surface area contributed by atoms with Gasteiger partial charge < -0.3 is 29.2 Å². The number of aliphatic hydroxyl groups excluding tert-OH is 2. The maximum absolute atomic E-state index is 12.9. The molecule has 0 radical (unpaired) electrons. The van der Waals surface area contributed by atoms with Crippen molar-refractivity contribution >= 4 is 9.84 Å². The first-order valence-electron chi connectivity index (χ1n) is 12.1. The maximum Gasteiger partial charge on any atom is 0.183 e. The second kappa shape index (κ2) is 13.3. The minimum absolute atomic E-state index is 0.151. The molecule has 3 aromatic carbocycles. The van der Waals surface area contributed by atoms with E-state index in [1.54, 1.807) is 18.2 Å². The van der Waals surface area contributed by atoms with Gasteiger partial charge in [-0.25, -0.2) is 8.42 Å². The molecule has 2 N–H and O–H groups in total. The Balaban J connectivity index is 1.51. The molecule has 1 heterocycles. The lowest BCUT2D eigenvalue weighted by molar-refractivity contribution is -0.282. The van der Waals surface area contributed by atoms with Crippen LogP contribution in [0.1, 0.15) is 11.1 Å². The Hall–Kier alpha value is -2.63. The van der Waals surface area contributed by atoms with Gasteiger partial charge in [-0.05, 0) is 23.3 Å². The van der Waals surface area contributed by atoms with Gasteiger partial charge in [0.15, 0.2) is 16.1 Å². The molecule has 0 spiro atoms. The van der Waals surface area contributed by atoms with Crippen molar-refractivity contribution in [2.75, 3.05) is 19.0 Å². The van der Waals surface area contributed by atoms with Crippen molar-refractivity contribution in [3.05, 3.63) is 102 Å². The van der Waals surface area contributed by atoms with Gasteiger partial charge >= 0.3 is 0 Å². The number of ether oxygens (including phenoxy) is 4. The molecule has 1 aliphatic rings. The van der Waals surface area contributed by atoms with E-state index in [4.69, 9.17) is 18.9 Å². The summed E-state index contributed by atoms with van der Waals surface area (Å²) < 4.78 is 49.5.